The van der Waals surface area contributed by atoms with Crippen molar-refractivity contribution in [2.45, 2.75) is 39.7 Å². The number of hydroxylamine groups is 2. The molecule has 0 bridgehead atoms. The van der Waals surface area contributed by atoms with Crippen molar-refractivity contribution < 1.29 is 18.8 Å². The van der Waals surface area contributed by atoms with Gasteiger partial charge in [0.25, 0.3) is 0 Å². The molecule has 1 aliphatic heterocycles. The average molecular weight is 374 g/mol. The van der Waals surface area contributed by atoms with Gasteiger partial charge in [0.05, 0.1) is 9.89 Å². The highest BCUT2D eigenvalue weighted by Gasteiger charge is 2.29. The van der Waals surface area contributed by atoms with E-state index in [1.165, 1.54) is 12.1 Å². The molecule has 0 aromatic heterocycles. The Bertz CT molecular complexity index is 537. The van der Waals surface area contributed by atoms with Crippen LogP contribution in [0.15, 0.2) is 22.7 Å². The lowest BCUT2D eigenvalue weighted by Gasteiger charge is -2.32. The van der Waals surface area contributed by atoms with E-state index < -0.39 is 5.41 Å². The Morgan fingerprint density at radius 3 is 2.50 bits per heavy atom. The molecule has 4 nitrogen and oxygen atoms in total. The maximum absolute atomic E-state index is 13.1. The van der Waals surface area contributed by atoms with Gasteiger partial charge in [0, 0.05) is 25.9 Å². The van der Waals surface area contributed by atoms with Crippen LogP contribution >= 0.6 is 15.9 Å². The molecule has 0 radical (unpaired) electrons. The van der Waals surface area contributed by atoms with E-state index in [4.69, 9.17) is 9.57 Å². The summed E-state index contributed by atoms with van der Waals surface area (Å²) in [5, 5.41) is 1.69. The average Bonchev–Trinajstić information content (AvgIpc) is 2.43. The number of carbonyl (C=O) groups is 1. The number of rotatable bonds is 3. The van der Waals surface area contributed by atoms with Crippen molar-refractivity contribution in [3.63, 3.8) is 0 Å². The Kier molecular flexibility index (Phi) is 5.45. The van der Waals surface area contributed by atoms with Crippen LogP contribution in [0.2, 0.25) is 0 Å². The number of benzene rings is 1. The number of nitrogens with zero attached hydrogens (tertiary/aromatic N) is 1. The molecule has 1 saturated heterocycles. The van der Waals surface area contributed by atoms with E-state index in [2.05, 4.69) is 15.9 Å². The normalized spacial score (nSPS) is 17.3. The Labute approximate surface area is 138 Å². The molecule has 0 amide bonds. The second kappa shape index (κ2) is 6.96. The van der Waals surface area contributed by atoms with Gasteiger partial charge in [-0.05, 0) is 54.9 Å². The molecule has 0 aliphatic carbocycles. The summed E-state index contributed by atoms with van der Waals surface area (Å²) in [6.07, 6.45) is 1.54. The van der Waals surface area contributed by atoms with Crippen molar-refractivity contribution >= 4 is 21.9 Å². The molecule has 22 heavy (non-hydrogen) atoms. The van der Waals surface area contributed by atoms with Gasteiger partial charge in [0.1, 0.15) is 17.7 Å². The second-order valence-electron chi connectivity index (χ2n) is 6.45. The van der Waals surface area contributed by atoms with E-state index in [1.54, 1.807) is 11.1 Å². The molecule has 1 aromatic carbocycles. The minimum atomic E-state index is -0.508. The lowest BCUT2D eigenvalue weighted by atomic mass is 9.98. The maximum atomic E-state index is 13.1. The second-order valence-corrected chi connectivity index (χ2v) is 7.30. The van der Waals surface area contributed by atoms with Crippen molar-refractivity contribution in [3.05, 3.63) is 28.5 Å². The van der Waals surface area contributed by atoms with Crippen molar-refractivity contribution in [3.8, 4) is 5.75 Å². The first-order valence-corrected chi connectivity index (χ1v) is 8.14. The van der Waals surface area contributed by atoms with E-state index in [-0.39, 0.29) is 17.9 Å². The fourth-order valence-electron chi connectivity index (χ4n) is 2.05. The first kappa shape index (κ1) is 17.2. The number of ether oxygens (including phenoxy) is 1. The highest BCUT2D eigenvalue weighted by Crippen LogP contribution is 2.28. The predicted molar refractivity (Wildman–Crippen MR) is 84.9 cm³/mol. The molecule has 1 aromatic rings. The molecule has 0 N–H and O–H groups in total. The molecular weight excluding hydrogens is 353 g/mol. The van der Waals surface area contributed by atoms with Crippen LogP contribution < -0.4 is 4.74 Å². The molecule has 0 unspecified atom stereocenters. The molecule has 2 rings (SSSR count). The van der Waals surface area contributed by atoms with Crippen molar-refractivity contribution in [1.29, 1.82) is 0 Å². The third-order valence-corrected chi connectivity index (χ3v) is 4.03. The highest BCUT2D eigenvalue weighted by atomic mass is 79.9. The Balaban J connectivity index is 1.83. The number of carbonyl (C=O) groups excluding carboxylic acids is 1. The number of halogens is 2. The summed E-state index contributed by atoms with van der Waals surface area (Å²) in [4.78, 5) is 17.2. The van der Waals surface area contributed by atoms with E-state index in [9.17, 15) is 9.18 Å². The Morgan fingerprint density at radius 1 is 1.32 bits per heavy atom. The van der Waals surface area contributed by atoms with Gasteiger partial charge >= 0.3 is 5.97 Å². The van der Waals surface area contributed by atoms with Crippen LogP contribution in [-0.2, 0) is 9.63 Å². The number of hydrogen-bond donors (Lipinski definition) is 0. The minimum Gasteiger partial charge on any atom is -0.489 e. The standard InChI is InChI=1S/C16H21BrFNO3/c1-16(2,3)15(20)22-19-8-6-12(7-9-19)21-14-5-4-11(18)10-13(14)17/h4-5,10,12H,6-9H2,1-3H3. The summed E-state index contributed by atoms with van der Waals surface area (Å²) >= 11 is 3.30. The van der Waals surface area contributed by atoms with Crippen LogP contribution in [-0.4, -0.2) is 30.2 Å². The quantitative estimate of drug-likeness (QED) is 0.804. The van der Waals surface area contributed by atoms with Gasteiger partial charge in [0.15, 0.2) is 0 Å². The molecule has 0 atom stereocenters. The van der Waals surface area contributed by atoms with Crippen LogP contribution in [0.1, 0.15) is 33.6 Å². The van der Waals surface area contributed by atoms with Crippen LogP contribution in [0.5, 0.6) is 5.75 Å². The molecule has 0 spiro atoms. The summed E-state index contributed by atoms with van der Waals surface area (Å²) < 4.78 is 19.5. The monoisotopic (exact) mass is 373 g/mol. The van der Waals surface area contributed by atoms with Crippen molar-refractivity contribution in [1.82, 2.24) is 5.06 Å². The van der Waals surface area contributed by atoms with Gasteiger partial charge in [-0.1, -0.05) is 0 Å². The Morgan fingerprint density at radius 2 is 1.95 bits per heavy atom. The van der Waals surface area contributed by atoms with Crippen LogP contribution in [0.4, 0.5) is 4.39 Å². The fraction of sp³-hybridized carbons (Fsp3) is 0.562. The van der Waals surface area contributed by atoms with E-state index >= 15 is 0 Å². The van der Waals surface area contributed by atoms with Gasteiger partial charge in [-0.25, -0.2) is 9.18 Å². The van der Waals surface area contributed by atoms with Gasteiger partial charge in [-0.2, -0.15) is 0 Å². The molecule has 1 heterocycles. The molecule has 122 valence electrons. The molecule has 6 heteroatoms. The van der Waals surface area contributed by atoms with Gasteiger partial charge in [-0.3, -0.25) is 0 Å². The first-order chi connectivity index (χ1) is 10.3. The minimum absolute atomic E-state index is 0.0337. The molecule has 1 aliphatic rings. The summed E-state index contributed by atoms with van der Waals surface area (Å²) in [5.74, 6) is 0.0998. The van der Waals surface area contributed by atoms with Gasteiger partial charge < -0.3 is 9.57 Å². The van der Waals surface area contributed by atoms with Crippen LogP contribution in [0.3, 0.4) is 0 Å². The topological polar surface area (TPSA) is 38.8 Å². The van der Waals surface area contributed by atoms with E-state index in [0.29, 0.717) is 23.3 Å². The summed E-state index contributed by atoms with van der Waals surface area (Å²) in [6, 6.07) is 4.38. The van der Waals surface area contributed by atoms with Gasteiger partial charge in [0.2, 0.25) is 0 Å². The highest BCUT2D eigenvalue weighted by molar-refractivity contribution is 9.10. The number of hydrogen-bond acceptors (Lipinski definition) is 4. The zero-order chi connectivity index (χ0) is 16.3. The largest absolute Gasteiger partial charge is 0.489 e. The van der Waals surface area contributed by atoms with Gasteiger partial charge in [-0.15, -0.1) is 5.06 Å². The van der Waals surface area contributed by atoms with E-state index in [0.717, 1.165) is 12.8 Å². The summed E-state index contributed by atoms with van der Waals surface area (Å²) in [7, 11) is 0. The van der Waals surface area contributed by atoms with Crippen LogP contribution in [0.25, 0.3) is 0 Å². The smallest absolute Gasteiger partial charge is 0.330 e. The maximum Gasteiger partial charge on any atom is 0.330 e. The third kappa shape index (κ3) is 4.68. The summed E-state index contributed by atoms with van der Waals surface area (Å²) in [5.41, 5.74) is -0.508. The van der Waals surface area contributed by atoms with Crippen molar-refractivity contribution in [2.75, 3.05) is 13.1 Å². The van der Waals surface area contributed by atoms with E-state index in [1.807, 2.05) is 20.8 Å². The van der Waals surface area contributed by atoms with Crippen LogP contribution in [0, 0.1) is 11.2 Å². The molecule has 1 fully saturated rings. The molecular formula is C16H21BrFNO3. The van der Waals surface area contributed by atoms with Crippen molar-refractivity contribution in [2.24, 2.45) is 5.41 Å². The zero-order valence-electron chi connectivity index (χ0n) is 13.1. The molecule has 0 saturated carbocycles. The third-order valence-electron chi connectivity index (χ3n) is 3.41. The zero-order valence-corrected chi connectivity index (χ0v) is 14.7. The first-order valence-electron chi connectivity index (χ1n) is 7.35. The Hall–Kier alpha value is -1.14. The fourth-order valence-corrected chi connectivity index (χ4v) is 2.49. The number of piperidine rings is 1. The lowest BCUT2D eigenvalue weighted by Crippen LogP contribution is -2.41. The SMILES string of the molecule is CC(C)(C)C(=O)ON1CCC(Oc2ccc(F)cc2Br)CC1. The summed E-state index contributed by atoms with van der Waals surface area (Å²) in [6.45, 7) is 6.75. The predicted octanol–water partition coefficient (Wildman–Crippen LogP) is 3.94. The lowest BCUT2D eigenvalue weighted by molar-refractivity contribution is -0.207.